The molecule has 8 heteroatoms. The lowest BCUT2D eigenvalue weighted by Gasteiger charge is -2.17. The van der Waals surface area contributed by atoms with Gasteiger partial charge in [-0.1, -0.05) is 6.92 Å². The lowest BCUT2D eigenvalue weighted by atomic mass is 10.00. The zero-order chi connectivity index (χ0) is 13.8. The van der Waals surface area contributed by atoms with Crippen LogP contribution in [0.25, 0.3) is 0 Å². The van der Waals surface area contributed by atoms with E-state index >= 15 is 0 Å². The second-order valence-electron chi connectivity index (χ2n) is 4.38. The molecule has 19 heavy (non-hydrogen) atoms. The molecular formula is C11H15ClN4O3. The van der Waals surface area contributed by atoms with Gasteiger partial charge in [-0.2, -0.15) is 4.98 Å². The summed E-state index contributed by atoms with van der Waals surface area (Å²) in [6, 6.07) is 0. The molecular weight excluding hydrogens is 272 g/mol. The Morgan fingerprint density at radius 2 is 2.47 bits per heavy atom. The Morgan fingerprint density at radius 1 is 1.68 bits per heavy atom. The van der Waals surface area contributed by atoms with Crippen LogP contribution in [0.5, 0.6) is 0 Å². The summed E-state index contributed by atoms with van der Waals surface area (Å²) < 4.78 is 5.57. The van der Waals surface area contributed by atoms with E-state index in [-0.39, 0.29) is 22.9 Å². The number of nitro groups is 1. The maximum Gasteiger partial charge on any atom is 0.329 e. The zero-order valence-corrected chi connectivity index (χ0v) is 11.3. The number of hydrogen-bond acceptors (Lipinski definition) is 6. The average Bonchev–Trinajstić information content (AvgIpc) is 2.83. The molecule has 1 N–H and O–H groups in total. The minimum absolute atomic E-state index is 0.0113. The van der Waals surface area contributed by atoms with Crippen LogP contribution in [0.2, 0.25) is 5.28 Å². The fourth-order valence-electron chi connectivity index (χ4n) is 2.22. The fourth-order valence-corrected chi connectivity index (χ4v) is 2.36. The van der Waals surface area contributed by atoms with Crippen LogP contribution in [-0.2, 0) is 4.74 Å². The molecule has 2 atom stereocenters. The molecule has 1 aromatic rings. The first-order chi connectivity index (χ1) is 9.11. The van der Waals surface area contributed by atoms with Gasteiger partial charge < -0.3 is 10.1 Å². The summed E-state index contributed by atoms with van der Waals surface area (Å²) in [7, 11) is 0. The normalized spacial score (nSPS) is 22.4. The van der Waals surface area contributed by atoms with Crippen molar-refractivity contribution in [3.63, 3.8) is 0 Å². The molecule has 1 aromatic heterocycles. The Bertz CT molecular complexity index is 471. The van der Waals surface area contributed by atoms with E-state index in [0.717, 1.165) is 25.6 Å². The van der Waals surface area contributed by atoms with Gasteiger partial charge in [0, 0.05) is 19.1 Å². The highest BCUT2D eigenvalue weighted by Crippen LogP contribution is 2.26. The molecule has 1 aliphatic rings. The Kier molecular flexibility index (Phi) is 4.49. The molecule has 0 spiro atoms. The summed E-state index contributed by atoms with van der Waals surface area (Å²) in [5.74, 6) is 0.491. The van der Waals surface area contributed by atoms with Gasteiger partial charge in [-0.05, 0) is 24.4 Å². The number of halogens is 1. The topological polar surface area (TPSA) is 90.2 Å². The Labute approximate surface area is 115 Å². The SMILES string of the molecule is CCC1OCCC1CNc1nc(Cl)ncc1[N+](=O)[O-]. The first-order valence-electron chi connectivity index (χ1n) is 6.14. The molecule has 0 aliphatic carbocycles. The van der Waals surface area contributed by atoms with Crippen molar-refractivity contribution >= 4 is 23.1 Å². The standard InChI is InChI=1S/C11H15ClN4O3/c1-2-9-7(3-4-19-9)5-13-10-8(16(17)18)6-14-11(12)15-10/h6-7,9H,2-5H2,1H3,(H,13,14,15). The summed E-state index contributed by atoms with van der Waals surface area (Å²) >= 11 is 5.66. The van der Waals surface area contributed by atoms with Crippen molar-refractivity contribution in [1.29, 1.82) is 0 Å². The molecule has 0 aromatic carbocycles. The third kappa shape index (κ3) is 3.30. The number of aromatic nitrogens is 2. The highest BCUT2D eigenvalue weighted by atomic mass is 35.5. The smallest absolute Gasteiger partial charge is 0.329 e. The zero-order valence-electron chi connectivity index (χ0n) is 10.5. The first kappa shape index (κ1) is 14.0. The predicted molar refractivity (Wildman–Crippen MR) is 70.3 cm³/mol. The largest absolute Gasteiger partial charge is 0.378 e. The van der Waals surface area contributed by atoms with Crippen LogP contribution >= 0.6 is 11.6 Å². The van der Waals surface area contributed by atoms with Gasteiger partial charge in [0.2, 0.25) is 11.1 Å². The summed E-state index contributed by atoms with van der Waals surface area (Å²) in [6.07, 6.45) is 3.18. The quantitative estimate of drug-likeness (QED) is 0.507. The van der Waals surface area contributed by atoms with Crippen molar-refractivity contribution in [2.45, 2.75) is 25.9 Å². The van der Waals surface area contributed by atoms with Gasteiger partial charge in [-0.15, -0.1) is 0 Å². The van der Waals surface area contributed by atoms with Gasteiger partial charge in [0.15, 0.2) is 0 Å². The molecule has 1 aliphatic heterocycles. The van der Waals surface area contributed by atoms with E-state index in [4.69, 9.17) is 16.3 Å². The third-order valence-corrected chi connectivity index (χ3v) is 3.40. The molecule has 7 nitrogen and oxygen atoms in total. The van der Waals surface area contributed by atoms with Crippen LogP contribution in [0.1, 0.15) is 19.8 Å². The number of ether oxygens (including phenoxy) is 1. The minimum atomic E-state index is -0.527. The van der Waals surface area contributed by atoms with Gasteiger partial charge >= 0.3 is 5.69 Å². The van der Waals surface area contributed by atoms with E-state index in [2.05, 4.69) is 22.2 Å². The Balaban J connectivity index is 2.06. The monoisotopic (exact) mass is 286 g/mol. The van der Waals surface area contributed by atoms with Crippen molar-refractivity contribution in [2.75, 3.05) is 18.5 Å². The predicted octanol–water partition coefficient (Wildman–Crippen LogP) is 2.27. The average molecular weight is 287 g/mol. The molecule has 1 fully saturated rings. The van der Waals surface area contributed by atoms with E-state index in [1.807, 2.05) is 0 Å². The van der Waals surface area contributed by atoms with E-state index in [9.17, 15) is 10.1 Å². The van der Waals surface area contributed by atoms with E-state index < -0.39 is 4.92 Å². The molecule has 0 amide bonds. The maximum absolute atomic E-state index is 10.9. The number of rotatable bonds is 5. The number of nitrogens with zero attached hydrogens (tertiary/aromatic N) is 3. The van der Waals surface area contributed by atoms with Crippen molar-refractivity contribution in [3.05, 3.63) is 21.6 Å². The van der Waals surface area contributed by atoms with Crippen molar-refractivity contribution in [2.24, 2.45) is 5.92 Å². The second-order valence-corrected chi connectivity index (χ2v) is 4.72. The molecule has 2 rings (SSSR count). The van der Waals surface area contributed by atoms with Gasteiger partial charge in [-0.25, -0.2) is 4.98 Å². The van der Waals surface area contributed by atoms with E-state index in [1.54, 1.807) is 0 Å². The summed E-state index contributed by atoms with van der Waals surface area (Å²) in [5.41, 5.74) is -0.170. The van der Waals surface area contributed by atoms with Crippen LogP contribution in [0, 0.1) is 16.0 Å². The van der Waals surface area contributed by atoms with Crippen LogP contribution < -0.4 is 5.32 Å². The van der Waals surface area contributed by atoms with Crippen molar-refractivity contribution < 1.29 is 9.66 Å². The van der Waals surface area contributed by atoms with Gasteiger partial charge in [0.1, 0.15) is 6.20 Å². The van der Waals surface area contributed by atoms with Gasteiger partial charge in [0.05, 0.1) is 11.0 Å². The molecule has 1 saturated heterocycles. The molecule has 2 unspecified atom stereocenters. The Morgan fingerprint density at radius 3 is 3.16 bits per heavy atom. The highest BCUT2D eigenvalue weighted by Gasteiger charge is 2.27. The number of anilines is 1. The molecule has 0 radical (unpaired) electrons. The summed E-state index contributed by atoms with van der Waals surface area (Å²) in [6.45, 7) is 3.37. The van der Waals surface area contributed by atoms with Gasteiger partial charge in [0.25, 0.3) is 0 Å². The lowest BCUT2D eigenvalue weighted by Crippen LogP contribution is -2.23. The van der Waals surface area contributed by atoms with E-state index in [1.165, 1.54) is 0 Å². The summed E-state index contributed by atoms with van der Waals surface area (Å²) in [5, 5.41) is 13.8. The van der Waals surface area contributed by atoms with E-state index in [0.29, 0.717) is 12.5 Å². The minimum Gasteiger partial charge on any atom is -0.378 e. The number of hydrogen-bond donors (Lipinski definition) is 1. The third-order valence-electron chi connectivity index (χ3n) is 3.22. The molecule has 0 bridgehead atoms. The molecule has 0 saturated carbocycles. The lowest BCUT2D eigenvalue weighted by molar-refractivity contribution is -0.384. The Hall–Kier alpha value is -1.47. The summed E-state index contributed by atoms with van der Waals surface area (Å²) in [4.78, 5) is 17.8. The van der Waals surface area contributed by atoms with Gasteiger partial charge in [-0.3, -0.25) is 10.1 Å². The van der Waals surface area contributed by atoms with Crippen molar-refractivity contribution in [3.8, 4) is 0 Å². The highest BCUT2D eigenvalue weighted by molar-refractivity contribution is 6.28. The second kappa shape index (κ2) is 6.12. The van der Waals surface area contributed by atoms with Crippen LogP contribution in [0.4, 0.5) is 11.5 Å². The van der Waals surface area contributed by atoms with Crippen LogP contribution in [-0.4, -0.2) is 34.1 Å². The maximum atomic E-state index is 10.9. The number of nitrogens with one attached hydrogen (secondary N) is 1. The molecule has 104 valence electrons. The van der Waals surface area contributed by atoms with Crippen molar-refractivity contribution in [1.82, 2.24) is 9.97 Å². The van der Waals surface area contributed by atoms with Crippen LogP contribution in [0.15, 0.2) is 6.20 Å². The first-order valence-corrected chi connectivity index (χ1v) is 6.52. The van der Waals surface area contributed by atoms with Crippen LogP contribution in [0.3, 0.4) is 0 Å². The molecule has 2 heterocycles. The fraction of sp³-hybridized carbons (Fsp3) is 0.636.